The van der Waals surface area contributed by atoms with Gasteiger partial charge in [0.1, 0.15) is 25.0 Å². The topological polar surface area (TPSA) is 93.8 Å². The predicted molar refractivity (Wildman–Crippen MR) is 75.2 cm³/mol. The van der Waals surface area contributed by atoms with Crippen molar-refractivity contribution < 1.29 is 19.5 Å². The van der Waals surface area contributed by atoms with Gasteiger partial charge in [-0.15, -0.1) is 0 Å². The van der Waals surface area contributed by atoms with E-state index in [2.05, 4.69) is 12.1 Å². The number of hydrogen-bond acceptors (Lipinski definition) is 5. The molecular formula is C14H20N2O4. The van der Waals surface area contributed by atoms with Crippen LogP contribution < -0.4 is 16.0 Å². The Labute approximate surface area is 118 Å². The lowest BCUT2D eigenvalue weighted by molar-refractivity contribution is -0.138. The molecule has 0 aliphatic carbocycles. The molecule has 0 saturated carbocycles. The lowest BCUT2D eigenvalue weighted by Gasteiger charge is -2.09. The van der Waals surface area contributed by atoms with E-state index in [1.165, 1.54) is 0 Å². The first-order valence-corrected chi connectivity index (χ1v) is 6.22. The highest BCUT2D eigenvalue weighted by atomic mass is 16.7. The number of hydroxylamine groups is 1. The summed E-state index contributed by atoms with van der Waals surface area (Å²) in [5, 5.41) is 8.73. The number of carboxylic acids is 1. The van der Waals surface area contributed by atoms with E-state index in [1.54, 1.807) is 31.2 Å². The summed E-state index contributed by atoms with van der Waals surface area (Å²) >= 11 is 0. The van der Waals surface area contributed by atoms with Crippen LogP contribution in [0.5, 0.6) is 5.75 Å². The van der Waals surface area contributed by atoms with Gasteiger partial charge < -0.3 is 15.6 Å². The number of nitrogens with two attached hydrogens (primary N) is 1. The maximum Gasteiger partial charge on any atom is 0.320 e. The van der Waals surface area contributed by atoms with Crippen molar-refractivity contribution in [2.75, 3.05) is 13.2 Å². The van der Waals surface area contributed by atoms with E-state index >= 15 is 0 Å². The van der Waals surface area contributed by atoms with Crippen LogP contribution in [-0.4, -0.2) is 30.3 Å². The summed E-state index contributed by atoms with van der Waals surface area (Å²) in [4.78, 5) is 15.7. The second-order valence-corrected chi connectivity index (χ2v) is 4.37. The number of hydrogen-bond donors (Lipinski definition) is 3. The number of nitrogens with one attached hydrogen (secondary N) is 1. The molecule has 1 aromatic carbocycles. The summed E-state index contributed by atoms with van der Waals surface area (Å²) < 4.78 is 5.45. The Morgan fingerprint density at radius 3 is 2.60 bits per heavy atom. The van der Waals surface area contributed by atoms with Gasteiger partial charge in [-0.25, -0.2) is 0 Å². The van der Waals surface area contributed by atoms with Gasteiger partial charge in [-0.2, -0.15) is 0 Å². The van der Waals surface area contributed by atoms with E-state index in [0.29, 0.717) is 25.4 Å². The van der Waals surface area contributed by atoms with Crippen molar-refractivity contribution in [3.63, 3.8) is 0 Å². The van der Waals surface area contributed by atoms with Gasteiger partial charge in [0.2, 0.25) is 0 Å². The van der Waals surface area contributed by atoms with Crippen molar-refractivity contribution in [1.29, 1.82) is 0 Å². The van der Waals surface area contributed by atoms with E-state index in [-0.39, 0.29) is 0 Å². The van der Waals surface area contributed by atoms with E-state index < -0.39 is 12.0 Å². The normalized spacial score (nSPS) is 11.7. The molecule has 0 aliphatic heterocycles. The fourth-order valence-electron chi connectivity index (χ4n) is 1.44. The number of benzene rings is 1. The molecule has 0 aliphatic rings. The second-order valence-electron chi connectivity index (χ2n) is 4.37. The molecule has 1 atom stereocenters. The third-order valence-corrected chi connectivity index (χ3v) is 2.40. The summed E-state index contributed by atoms with van der Waals surface area (Å²) in [5.41, 5.74) is 9.67. The highest BCUT2D eigenvalue weighted by molar-refractivity contribution is 5.73. The van der Waals surface area contributed by atoms with E-state index in [9.17, 15) is 4.79 Å². The second kappa shape index (κ2) is 8.19. The molecule has 0 aromatic heterocycles. The van der Waals surface area contributed by atoms with Crippen LogP contribution in [-0.2, 0) is 16.1 Å². The van der Waals surface area contributed by atoms with Gasteiger partial charge in [0, 0.05) is 5.70 Å². The minimum absolute atomic E-state index is 0.293. The first-order valence-electron chi connectivity index (χ1n) is 6.22. The lowest BCUT2D eigenvalue weighted by atomic mass is 10.1. The Morgan fingerprint density at radius 1 is 1.40 bits per heavy atom. The zero-order valence-corrected chi connectivity index (χ0v) is 11.5. The number of carbonyl (C=O) groups is 1. The molecule has 110 valence electrons. The number of aliphatic carboxylic acids is 1. The molecule has 0 spiro atoms. The van der Waals surface area contributed by atoms with Crippen LogP contribution in [0.15, 0.2) is 36.5 Å². The van der Waals surface area contributed by atoms with Gasteiger partial charge in [-0.05, 0) is 31.0 Å². The number of allylic oxidation sites excluding steroid dienone is 1. The maximum absolute atomic E-state index is 10.6. The molecule has 0 amide bonds. The Balaban J connectivity index is 2.31. The Hall–Kier alpha value is -2.05. The number of carboxylic acid groups (broad SMARTS) is 1. The van der Waals surface area contributed by atoms with Crippen molar-refractivity contribution in [2.24, 2.45) is 5.73 Å². The minimum atomic E-state index is -1.01. The summed E-state index contributed by atoms with van der Waals surface area (Å²) in [5.74, 6) is -0.316. The highest BCUT2D eigenvalue weighted by Gasteiger charge is 2.11. The van der Waals surface area contributed by atoms with Crippen molar-refractivity contribution in [3.05, 3.63) is 42.1 Å². The van der Waals surface area contributed by atoms with Crippen molar-refractivity contribution in [2.45, 2.75) is 19.4 Å². The molecule has 0 heterocycles. The summed E-state index contributed by atoms with van der Waals surface area (Å²) in [6.07, 6.45) is 0.293. The Morgan fingerprint density at radius 2 is 2.05 bits per heavy atom. The average molecular weight is 280 g/mol. The Bertz CT molecular complexity index is 445. The maximum atomic E-state index is 10.6. The highest BCUT2D eigenvalue weighted by Crippen LogP contribution is 2.13. The molecule has 1 unspecified atom stereocenters. The first kappa shape index (κ1) is 16.0. The lowest BCUT2D eigenvalue weighted by Crippen LogP contribution is -2.32. The smallest absolute Gasteiger partial charge is 0.320 e. The molecule has 6 heteroatoms. The third-order valence-electron chi connectivity index (χ3n) is 2.40. The van der Waals surface area contributed by atoms with Crippen LogP contribution in [0.2, 0.25) is 0 Å². The van der Waals surface area contributed by atoms with Crippen LogP contribution in [0.1, 0.15) is 12.5 Å². The zero-order chi connectivity index (χ0) is 15.0. The molecule has 20 heavy (non-hydrogen) atoms. The van der Waals surface area contributed by atoms with Crippen molar-refractivity contribution in [3.8, 4) is 5.75 Å². The quantitative estimate of drug-likeness (QED) is 0.463. The fourth-order valence-corrected chi connectivity index (χ4v) is 1.44. The predicted octanol–water partition coefficient (Wildman–Crippen LogP) is 1.07. The summed E-state index contributed by atoms with van der Waals surface area (Å²) in [6, 6.07) is 6.26. The molecule has 0 bridgehead atoms. The van der Waals surface area contributed by atoms with Gasteiger partial charge in [0.25, 0.3) is 0 Å². The van der Waals surface area contributed by atoms with Crippen LogP contribution in [0.4, 0.5) is 0 Å². The molecule has 0 saturated heterocycles. The monoisotopic (exact) mass is 280 g/mol. The summed E-state index contributed by atoms with van der Waals surface area (Å²) in [6.45, 7) is 6.21. The number of rotatable bonds is 9. The van der Waals surface area contributed by atoms with Crippen molar-refractivity contribution >= 4 is 5.97 Å². The van der Waals surface area contributed by atoms with Crippen LogP contribution in [0.3, 0.4) is 0 Å². The van der Waals surface area contributed by atoms with Gasteiger partial charge in [0.15, 0.2) is 0 Å². The minimum Gasteiger partial charge on any atom is -0.491 e. The SMILES string of the molecule is C=C(C)NOCCOc1ccc(CC(N)C(=O)O)cc1. The molecule has 6 nitrogen and oxygen atoms in total. The third kappa shape index (κ3) is 6.21. The molecule has 0 fully saturated rings. The standard InChI is InChI=1S/C14H20N2O4/c1-10(2)16-20-8-7-19-12-5-3-11(4-6-12)9-13(15)14(17)18/h3-6,13,16H,1,7-9,15H2,2H3,(H,17,18). The van der Waals surface area contributed by atoms with Crippen LogP contribution in [0, 0.1) is 0 Å². The Kier molecular flexibility index (Phi) is 6.55. The van der Waals surface area contributed by atoms with Gasteiger partial charge >= 0.3 is 5.97 Å². The fraction of sp³-hybridized carbons (Fsp3) is 0.357. The van der Waals surface area contributed by atoms with Crippen molar-refractivity contribution in [1.82, 2.24) is 5.48 Å². The van der Waals surface area contributed by atoms with E-state index in [0.717, 1.165) is 11.3 Å². The number of ether oxygens (including phenoxy) is 1. The van der Waals surface area contributed by atoms with Gasteiger partial charge in [-0.1, -0.05) is 18.7 Å². The molecule has 4 N–H and O–H groups in total. The molecule has 1 rings (SSSR count). The average Bonchev–Trinajstić information content (AvgIpc) is 2.39. The molecular weight excluding hydrogens is 260 g/mol. The van der Waals surface area contributed by atoms with Gasteiger partial charge in [-0.3, -0.25) is 15.1 Å². The van der Waals surface area contributed by atoms with Crippen LogP contribution in [0.25, 0.3) is 0 Å². The van der Waals surface area contributed by atoms with Gasteiger partial charge in [0.05, 0.1) is 0 Å². The van der Waals surface area contributed by atoms with E-state index in [4.69, 9.17) is 20.4 Å². The van der Waals surface area contributed by atoms with E-state index in [1.807, 2.05) is 0 Å². The zero-order valence-electron chi connectivity index (χ0n) is 11.5. The van der Waals surface area contributed by atoms with Crippen LogP contribution >= 0.6 is 0 Å². The first-order chi connectivity index (χ1) is 9.49. The molecule has 0 radical (unpaired) electrons. The summed E-state index contributed by atoms with van der Waals surface area (Å²) in [7, 11) is 0. The largest absolute Gasteiger partial charge is 0.491 e. The molecule has 1 aromatic rings.